The van der Waals surface area contributed by atoms with Crippen LogP contribution in [0.25, 0.3) is 0 Å². The van der Waals surface area contributed by atoms with Crippen LogP contribution in [0.1, 0.15) is 12.1 Å². The topological polar surface area (TPSA) is 217 Å². The maximum absolute atomic E-state index is 12.3. The number of aliphatic carboxylic acids is 2. The first-order chi connectivity index (χ1) is 13.6. The molecule has 3 atom stereocenters. The van der Waals surface area contributed by atoms with Gasteiger partial charge < -0.3 is 36.9 Å². The number of H-pyrrole nitrogens is 1. The highest BCUT2D eigenvalue weighted by molar-refractivity contribution is 7.80. The zero-order valence-corrected chi connectivity index (χ0v) is 16.0. The number of carbonyl (C=O) groups is 5. The monoisotopic (exact) mass is 430 g/mol. The number of amides is 3. The smallest absolute Gasteiger partial charge is 0.326 e. The summed E-state index contributed by atoms with van der Waals surface area (Å²) in [4.78, 5) is 64.1. The molecule has 0 radical (unpaired) electrons. The summed E-state index contributed by atoms with van der Waals surface area (Å²) in [5, 5.41) is 24.6. The molecule has 1 aromatic heterocycles. The van der Waals surface area contributed by atoms with E-state index in [1.54, 1.807) is 0 Å². The van der Waals surface area contributed by atoms with Gasteiger partial charge in [0.15, 0.2) is 0 Å². The molecule has 0 spiro atoms. The molecule has 0 aliphatic heterocycles. The predicted octanol–water partition coefficient (Wildman–Crippen LogP) is -3.15. The number of aromatic amines is 1. The Morgan fingerprint density at radius 1 is 1.14 bits per heavy atom. The highest BCUT2D eigenvalue weighted by atomic mass is 32.1. The van der Waals surface area contributed by atoms with Gasteiger partial charge in [-0.3, -0.25) is 19.2 Å². The van der Waals surface area contributed by atoms with E-state index in [-0.39, 0.29) is 12.2 Å². The lowest BCUT2D eigenvalue weighted by molar-refractivity contribution is -0.142. The number of nitrogens with one attached hydrogen (secondary N) is 4. The molecule has 3 unspecified atom stereocenters. The SMILES string of the molecule is NC(CC(=O)O)C(=O)NCC(=O)NC(CS)C(=O)NC(Cc1cnc[nH]1)C(=O)O. The van der Waals surface area contributed by atoms with Crippen molar-refractivity contribution in [2.75, 3.05) is 12.3 Å². The number of nitrogens with two attached hydrogens (primary N) is 1. The summed E-state index contributed by atoms with van der Waals surface area (Å²) in [5.41, 5.74) is 5.85. The molecule has 1 heterocycles. The quantitative estimate of drug-likeness (QED) is 0.157. The maximum Gasteiger partial charge on any atom is 0.326 e. The summed E-state index contributed by atoms with van der Waals surface area (Å²) in [6.07, 6.45) is 2.12. The Morgan fingerprint density at radius 3 is 2.34 bits per heavy atom. The van der Waals surface area contributed by atoms with Gasteiger partial charge in [0.1, 0.15) is 12.1 Å². The fraction of sp³-hybridized carbons (Fsp3) is 0.467. The summed E-state index contributed by atoms with van der Waals surface area (Å²) in [6.45, 7) is -0.555. The standard InChI is InChI=1S/C15H22N6O7S/c16-8(2-12(23)24)13(25)18-4-11(22)20-10(5-29)14(26)21-9(15(27)28)1-7-3-17-6-19-7/h3,6,8-10,29H,1-2,4-5,16H2,(H,17,19)(H,18,25)(H,20,22)(H,21,26)(H,23,24)(H,27,28). The van der Waals surface area contributed by atoms with Gasteiger partial charge in [0.2, 0.25) is 17.7 Å². The van der Waals surface area contributed by atoms with Crippen molar-refractivity contribution in [3.05, 3.63) is 18.2 Å². The molecular formula is C15H22N6O7S. The number of aromatic nitrogens is 2. The third kappa shape index (κ3) is 8.61. The average Bonchev–Trinajstić information content (AvgIpc) is 3.15. The van der Waals surface area contributed by atoms with E-state index in [1.165, 1.54) is 12.5 Å². The van der Waals surface area contributed by atoms with E-state index < -0.39 is 60.8 Å². The van der Waals surface area contributed by atoms with Crippen LogP contribution in [0.2, 0.25) is 0 Å². The molecule has 3 amide bonds. The molecule has 13 nitrogen and oxygen atoms in total. The summed E-state index contributed by atoms with van der Waals surface area (Å²) in [7, 11) is 0. The van der Waals surface area contributed by atoms with Crippen LogP contribution >= 0.6 is 12.6 Å². The number of nitrogens with zero attached hydrogens (tertiary/aromatic N) is 1. The Labute approximate surface area is 170 Å². The van der Waals surface area contributed by atoms with E-state index >= 15 is 0 Å². The molecule has 0 fully saturated rings. The van der Waals surface area contributed by atoms with Gasteiger partial charge in [-0.1, -0.05) is 0 Å². The van der Waals surface area contributed by atoms with Crippen LogP contribution in [0, 0.1) is 0 Å². The minimum atomic E-state index is -1.33. The van der Waals surface area contributed by atoms with E-state index in [9.17, 15) is 29.1 Å². The Morgan fingerprint density at radius 2 is 1.83 bits per heavy atom. The number of hydrogen-bond acceptors (Lipinski definition) is 8. The molecule has 0 bridgehead atoms. The van der Waals surface area contributed by atoms with Crippen molar-refractivity contribution in [2.24, 2.45) is 5.73 Å². The highest BCUT2D eigenvalue weighted by Crippen LogP contribution is 2.00. The normalized spacial score (nSPS) is 13.6. The fourth-order valence-corrected chi connectivity index (χ4v) is 2.36. The summed E-state index contributed by atoms with van der Waals surface area (Å²) in [6, 6.07) is -3.77. The molecule has 0 aromatic carbocycles. The molecular weight excluding hydrogens is 408 g/mol. The van der Waals surface area contributed by atoms with Crippen LogP contribution in [-0.2, 0) is 30.4 Å². The lowest BCUT2D eigenvalue weighted by Crippen LogP contribution is -2.55. The predicted molar refractivity (Wildman–Crippen MR) is 101 cm³/mol. The molecule has 1 rings (SSSR count). The van der Waals surface area contributed by atoms with Crippen LogP contribution in [0.15, 0.2) is 12.5 Å². The number of thiol groups is 1. The van der Waals surface area contributed by atoms with Crippen molar-refractivity contribution in [3.8, 4) is 0 Å². The molecule has 29 heavy (non-hydrogen) atoms. The van der Waals surface area contributed by atoms with Gasteiger partial charge in [-0.25, -0.2) is 9.78 Å². The molecule has 160 valence electrons. The third-order valence-corrected chi connectivity index (χ3v) is 3.95. The minimum Gasteiger partial charge on any atom is -0.481 e. The van der Waals surface area contributed by atoms with Crippen molar-refractivity contribution in [3.63, 3.8) is 0 Å². The summed E-state index contributed by atoms with van der Waals surface area (Å²) >= 11 is 3.96. The van der Waals surface area contributed by atoms with Crippen LogP contribution in [0.3, 0.4) is 0 Å². The number of carboxylic acids is 2. The molecule has 0 saturated carbocycles. The first-order valence-electron chi connectivity index (χ1n) is 8.29. The van der Waals surface area contributed by atoms with Crippen LogP contribution < -0.4 is 21.7 Å². The second-order valence-electron chi connectivity index (χ2n) is 5.91. The maximum atomic E-state index is 12.3. The average molecular weight is 430 g/mol. The number of hydrogen-bond donors (Lipinski definition) is 8. The largest absolute Gasteiger partial charge is 0.481 e. The van der Waals surface area contributed by atoms with E-state index in [2.05, 4.69) is 38.5 Å². The van der Waals surface area contributed by atoms with Crippen molar-refractivity contribution < 1.29 is 34.2 Å². The van der Waals surface area contributed by atoms with Gasteiger partial charge in [0.25, 0.3) is 0 Å². The van der Waals surface area contributed by atoms with E-state index in [0.717, 1.165) is 0 Å². The fourth-order valence-electron chi connectivity index (χ4n) is 2.11. The Hall–Kier alpha value is -3.13. The van der Waals surface area contributed by atoms with Crippen LogP contribution in [-0.4, -0.2) is 80.3 Å². The summed E-state index contributed by atoms with van der Waals surface area (Å²) < 4.78 is 0. The summed E-state index contributed by atoms with van der Waals surface area (Å²) in [5.74, 6) is -5.09. The first-order valence-corrected chi connectivity index (χ1v) is 8.93. The first kappa shape index (κ1) is 23.9. The third-order valence-electron chi connectivity index (χ3n) is 3.58. The van der Waals surface area contributed by atoms with Crippen LogP contribution in [0.4, 0.5) is 0 Å². The second-order valence-corrected chi connectivity index (χ2v) is 6.27. The molecule has 14 heteroatoms. The van der Waals surface area contributed by atoms with Crippen molar-refractivity contribution in [1.29, 1.82) is 0 Å². The lowest BCUT2D eigenvalue weighted by atomic mass is 10.1. The minimum absolute atomic E-state index is 0.0498. The van der Waals surface area contributed by atoms with E-state index in [1.807, 2.05) is 0 Å². The Balaban J connectivity index is 2.56. The number of rotatable bonds is 12. The molecule has 8 N–H and O–H groups in total. The molecule has 0 aliphatic rings. The van der Waals surface area contributed by atoms with E-state index in [0.29, 0.717) is 5.69 Å². The highest BCUT2D eigenvalue weighted by Gasteiger charge is 2.26. The van der Waals surface area contributed by atoms with Gasteiger partial charge in [0.05, 0.1) is 25.3 Å². The van der Waals surface area contributed by atoms with Crippen molar-refractivity contribution >= 4 is 42.3 Å². The lowest BCUT2D eigenvalue weighted by Gasteiger charge is -2.20. The van der Waals surface area contributed by atoms with Gasteiger partial charge >= 0.3 is 11.9 Å². The zero-order chi connectivity index (χ0) is 22.0. The van der Waals surface area contributed by atoms with Gasteiger partial charge in [-0.15, -0.1) is 0 Å². The Bertz CT molecular complexity index is 742. The number of imidazole rings is 1. The van der Waals surface area contributed by atoms with Crippen LogP contribution in [0.5, 0.6) is 0 Å². The molecule has 1 aromatic rings. The van der Waals surface area contributed by atoms with Crippen molar-refractivity contribution in [2.45, 2.75) is 31.0 Å². The molecule has 0 aliphatic carbocycles. The van der Waals surface area contributed by atoms with E-state index in [4.69, 9.17) is 10.8 Å². The van der Waals surface area contributed by atoms with Gasteiger partial charge in [-0.2, -0.15) is 12.6 Å². The number of carboxylic acid groups (broad SMARTS) is 2. The van der Waals surface area contributed by atoms with Gasteiger partial charge in [0, 0.05) is 24.1 Å². The van der Waals surface area contributed by atoms with Gasteiger partial charge in [-0.05, 0) is 0 Å². The zero-order valence-electron chi connectivity index (χ0n) is 15.1. The second kappa shape index (κ2) is 11.7. The number of carbonyl (C=O) groups excluding carboxylic acids is 3. The Kier molecular flexibility index (Phi) is 9.61. The molecule has 0 saturated heterocycles. The van der Waals surface area contributed by atoms with Crippen molar-refractivity contribution in [1.82, 2.24) is 25.9 Å².